The van der Waals surface area contributed by atoms with Crippen LogP contribution in [0.2, 0.25) is 0 Å². The fraction of sp³-hybridized carbons (Fsp3) is 0.375. The lowest BCUT2D eigenvalue weighted by Crippen LogP contribution is -2.29. The summed E-state index contributed by atoms with van der Waals surface area (Å²) < 4.78 is 28.2. The Bertz CT molecular complexity index is 860. The molecule has 1 atom stereocenters. The SMILES string of the molecule is Cn1cnc(S(=O)(=O)N2CC[C@H](Cc3cccc(C(=O)O)c3)C2)c1. The molecule has 0 saturated carbocycles. The van der Waals surface area contributed by atoms with Crippen molar-refractivity contribution >= 4 is 16.0 Å². The van der Waals surface area contributed by atoms with Crippen LogP contribution in [-0.4, -0.2) is 46.4 Å². The lowest BCUT2D eigenvalue weighted by atomic mass is 9.97. The molecule has 1 N–H and O–H groups in total. The third-order valence-electron chi connectivity index (χ3n) is 4.23. The smallest absolute Gasteiger partial charge is 0.335 e. The van der Waals surface area contributed by atoms with Crippen molar-refractivity contribution in [2.24, 2.45) is 13.0 Å². The number of sulfonamides is 1. The molecule has 2 aromatic rings. The average molecular weight is 349 g/mol. The van der Waals surface area contributed by atoms with Crippen molar-refractivity contribution in [2.75, 3.05) is 13.1 Å². The van der Waals surface area contributed by atoms with Gasteiger partial charge in [-0.15, -0.1) is 0 Å². The van der Waals surface area contributed by atoms with Crippen LogP contribution in [-0.2, 0) is 23.5 Å². The fourth-order valence-corrected chi connectivity index (χ4v) is 4.50. The van der Waals surface area contributed by atoms with Gasteiger partial charge in [-0.05, 0) is 36.5 Å². The normalized spacial score (nSPS) is 18.8. The molecular weight excluding hydrogens is 330 g/mol. The monoisotopic (exact) mass is 349 g/mol. The van der Waals surface area contributed by atoms with Crippen molar-refractivity contribution < 1.29 is 18.3 Å². The van der Waals surface area contributed by atoms with Crippen LogP contribution in [0, 0.1) is 5.92 Å². The van der Waals surface area contributed by atoms with E-state index in [1.807, 2.05) is 6.07 Å². The number of nitrogens with zero attached hydrogens (tertiary/aromatic N) is 3. The van der Waals surface area contributed by atoms with E-state index in [-0.39, 0.29) is 16.5 Å². The van der Waals surface area contributed by atoms with Gasteiger partial charge in [0, 0.05) is 26.3 Å². The maximum atomic E-state index is 12.6. The summed E-state index contributed by atoms with van der Waals surface area (Å²) in [6.45, 7) is 0.887. The number of carboxylic acids is 1. The Morgan fingerprint density at radius 1 is 1.42 bits per heavy atom. The summed E-state index contributed by atoms with van der Waals surface area (Å²) in [6.07, 6.45) is 4.38. The van der Waals surface area contributed by atoms with E-state index < -0.39 is 16.0 Å². The molecule has 0 radical (unpaired) electrons. The summed E-state index contributed by atoms with van der Waals surface area (Å²) >= 11 is 0. The van der Waals surface area contributed by atoms with Crippen molar-refractivity contribution in [1.29, 1.82) is 0 Å². The first kappa shape index (κ1) is 16.7. The van der Waals surface area contributed by atoms with Crippen LogP contribution in [0.1, 0.15) is 22.3 Å². The number of aryl methyl sites for hydroxylation is 1. The summed E-state index contributed by atoms with van der Waals surface area (Å²) in [5, 5.41) is 9.12. The number of hydrogen-bond acceptors (Lipinski definition) is 4. The highest BCUT2D eigenvalue weighted by atomic mass is 32.2. The van der Waals surface area contributed by atoms with Crippen molar-refractivity contribution in [3.8, 4) is 0 Å². The molecule has 128 valence electrons. The van der Waals surface area contributed by atoms with E-state index >= 15 is 0 Å². The summed E-state index contributed by atoms with van der Waals surface area (Å²) in [7, 11) is -1.83. The Morgan fingerprint density at radius 3 is 2.88 bits per heavy atom. The first-order valence-corrected chi connectivity index (χ1v) is 9.10. The number of rotatable bonds is 5. The fourth-order valence-electron chi connectivity index (χ4n) is 3.00. The van der Waals surface area contributed by atoms with Gasteiger partial charge in [-0.3, -0.25) is 0 Å². The van der Waals surface area contributed by atoms with Crippen LogP contribution in [0.25, 0.3) is 0 Å². The number of hydrogen-bond donors (Lipinski definition) is 1. The molecule has 0 spiro atoms. The number of aromatic carboxylic acids is 1. The molecule has 7 nitrogen and oxygen atoms in total. The third-order valence-corrected chi connectivity index (χ3v) is 5.98. The number of imidazole rings is 1. The highest BCUT2D eigenvalue weighted by Gasteiger charge is 2.33. The minimum atomic E-state index is -3.56. The second-order valence-electron chi connectivity index (χ2n) is 6.10. The van der Waals surface area contributed by atoms with Gasteiger partial charge in [-0.25, -0.2) is 18.2 Å². The van der Waals surface area contributed by atoms with Crippen molar-refractivity contribution in [3.05, 3.63) is 47.9 Å². The van der Waals surface area contributed by atoms with E-state index in [4.69, 9.17) is 5.11 Å². The van der Waals surface area contributed by atoms with E-state index in [0.717, 1.165) is 12.0 Å². The van der Waals surface area contributed by atoms with Gasteiger partial charge in [0.2, 0.25) is 0 Å². The predicted octanol–water partition coefficient (Wildman–Crippen LogP) is 1.37. The van der Waals surface area contributed by atoms with Crippen LogP contribution in [0.3, 0.4) is 0 Å². The van der Waals surface area contributed by atoms with Gasteiger partial charge in [0.15, 0.2) is 5.03 Å². The molecule has 0 bridgehead atoms. The van der Waals surface area contributed by atoms with Crippen molar-refractivity contribution in [1.82, 2.24) is 13.9 Å². The molecule has 1 aromatic heterocycles. The molecule has 0 aliphatic carbocycles. The second-order valence-corrected chi connectivity index (χ2v) is 7.99. The maximum Gasteiger partial charge on any atom is 0.335 e. The molecule has 2 heterocycles. The average Bonchev–Trinajstić information content (AvgIpc) is 3.17. The largest absolute Gasteiger partial charge is 0.478 e. The van der Waals surface area contributed by atoms with Gasteiger partial charge in [0.05, 0.1) is 11.9 Å². The van der Waals surface area contributed by atoms with E-state index in [2.05, 4.69) is 4.98 Å². The first-order chi connectivity index (χ1) is 11.4. The Labute approximate surface area is 140 Å². The van der Waals surface area contributed by atoms with Crippen molar-refractivity contribution in [3.63, 3.8) is 0 Å². The van der Waals surface area contributed by atoms with Gasteiger partial charge in [-0.2, -0.15) is 4.31 Å². The van der Waals surface area contributed by atoms with Crippen LogP contribution >= 0.6 is 0 Å². The first-order valence-electron chi connectivity index (χ1n) is 7.66. The Kier molecular flexibility index (Phi) is 4.42. The highest BCUT2D eigenvalue weighted by molar-refractivity contribution is 7.89. The summed E-state index contributed by atoms with van der Waals surface area (Å²) in [5.41, 5.74) is 1.17. The highest BCUT2D eigenvalue weighted by Crippen LogP contribution is 2.26. The third kappa shape index (κ3) is 3.34. The van der Waals surface area contributed by atoms with Crippen LogP contribution < -0.4 is 0 Å². The van der Waals surface area contributed by atoms with E-state index in [0.29, 0.717) is 19.5 Å². The van der Waals surface area contributed by atoms with E-state index in [1.165, 1.54) is 16.8 Å². The standard InChI is InChI=1S/C16H19N3O4S/c1-18-10-15(17-11-18)24(22,23)19-6-5-13(9-19)7-12-3-2-4-14(8-12)16(20)21/h2-4,8,10-11,13H,5-7,9H2,1H3,(H,20,21)/t13-/m1/s1. The van der Waals surface area contributed by atoms with Gasteiger partial charge < -0.3 is 9.67 Å². The Morgan fingerprint density at radius 2 is 2.21 bits per heavy atom. The van der Waals surface area contributed by atoms with Crippen LogP contribution in [0.5, 0.6) is 0 Å². The number of aromatic nitrogens is 2. The van der Waals surface area contributed by atoms with E-state index in [9.17, 15) is 13.2 Å². The van der Waals surface area contributed by atoms with Gasteiger partial charge in [0.25, 0.3) is 10.0 Å². The lowest BCUT2D eigenvalue weighted by molar-refractivity contribution is 0.0696. The number of carbonyl (C=O) groups is 1. The zero-order chi connectivity index (χ0) is 17.3. The molecular formula is C16H19N3O4S. The van der Waals surface area contributed by atoms with Gasteiger partial charge >= 0.3 is 5.97 Å². The molecule has 1 aliphatic rings. The quantitative estimate of drug-likeness (QED) is 0.880. The molecule has 0 amide bonds. The number of carboxylic acid groups (broad SMARTS) is 1. The Hall–Kier alpha value is -2.19. The van der Waals surface area contributed by atoms with E-state index in [1.54, 1.807) is 29.8 Å². The van der Waals surface area contributed by atoms with Gasteiger partial charge in [-0.1, -0.05) is 12.1 Å². The molecule has 24 heavy (non-hydrogen) atoms. The minimum Gasteiger partial charge on any atom is -0.478 e. The van der Waals surface area contributed by atoms with Crippen LogP contribution in [0.4, 0.5) is 0 Å². The zero-order valence-corrected chi connectivity index (χ0v) is 14.1. The molecule has 0 unspecified atom stereocenters. The molecule has 1 aromatic carbocycles. The Balaban J connectivity index is 1.69. The summed E-state index contributed by atoms with van der Waals surface area (Å²) in [5.74, 6) is -0.782. The minimum absolute atomic E-state index is 0.0681. The number of benzene rings is 1. The predicted molar refractivity (Wildman–Crippen MR) is 87.2 cm³/mol. The topological polar surface area (TPSA) is 92.5 Å². The summed E-state index contributed by atoms with van der Waals surface area (Å²) in [6, 6.07) is 6.80. The molecule has 8 heteroatoms. The summed E-state index contributed by atoms with van der Waals surface area (Å²) in [4.78, 5) is 15.0. The maximum absolute atomic E-state index is 12.6. The molecule has 3 rings (SSSR count). The molecule has 1 saturated heterocycles. The van der Waals surface area contributed by atoms with Crippen molar-refractivity contribution in [2.45, 2.75) is 17.9 Å². The molecule has 1 aliphatic heterocycles. The van der Waals surface area contributed by atoms with Crippen LogP contribution in [0.15, 0.2) is 41.8 Å². The second kappa shape index (κ2) is 6.37. The molecule has 1 fully saturated rings. The van der Waals surface area contributed by atoms with Gasteiger partial charge in [0.1, 0.15) is 0 Å². The zero-order valence-electron chi connectivity index (χ0n) is 13.3. The lowest BCUT2D eigenvalue weighted by Gasteiger charge is -2.15.